The molecule has 3 heterocycles. The summed E-state index contributed by atoms with van der Waals surface area (Å²) in [6.45, 7) is 5.89. The second kappa shape index (κ2) is 5.84. The number of fused-ring (bicyclic) bond motifs is 3. The molecule has 0 aliphatic carbocycles. The van der Waals surface area contributed by atoms with E-state index in [1.54, 1.807) is 31.0 Å². The molecule has 1 aromatic carbocycles. The van der Waals surface area contributed by atoms with Crippen LogP contribution in [-0.4, -0.2) is 48.1 Å². The van der Waals surface area contributed by atoms with Gasteiger partial charge in [-0.2, -0.15) is 4.31 Å². The van der Waals surface area contributed by atoms with Gasteiger partial charge in [-0.15, -0.1) is 0 Å². The number of sulfonamides is 1. The number of halogens is 1. The molecule has 1 amide bonds. The van der Waals surface area contributed by atoms with Crippen LogP contribution < -0.4 is 0 Å². The number of rotatable bonds is 2. The predicted molar refractivity (Wildman–Crippen MR) is 97.3 cm³/mol. The number of piperazine rings is 1. The average Bonchev–Trinajstić information content (AvgIpc) is 2.83. The molecule has 4 rings (SSSR count). The molecule has 0 saturated carbocycles. The van der Waals surface area contributed by atoms with Gasteiger partial charge in [0.25, 0.3) is 5.91 Å². The van der Waals surface area contributed by atoms with Crippen LogP contribution in [0.5, 0.6) is 0 Å². The minimum absolute atomic E-state index is 0.0939. The lowest BCUT2D eigenvalue weighted by Gasteiger charge is -2.44. The monoisotopic (exact) mass is 389 g/mol. The van der Waals surface area contributed by atoms with Gasteiger partial charge in [0.05, 0.1) is 21.7 Å². The standard InChI is InChI=1S/C19H20FN3O3S/c1-12-10-14(20)4-5-16(12)27(25,26)22-8-9-23-18(24)17-13(2)21-7-6-15(17)19(23,3)11-22/h4-7,10H,8-9,11H2,1-3H3. The van der Waals surface area contributed by atoms with Crippen LogP contribution >= 0.6 is 0 Å². The first-order chi connectivity index (χ1) is 12.7. The number of nitrogens with zero attached hydrogens (tertiary/aromatic N) is 3. The first-order valence-corrected chi connectivity index (χ1v) is 10.1. The molecule has 27 heavy (non-hydrogen) atoms. The number of benzene rings is 1. The lowest BCUT2D eigenvalue weighted by molar-refractivity contribution is 0.0375. The quantitative estimate of drug-likeness (QED) is 0.790. The number of amides is 1. The highest BCUT2D eigenvalue weighted by atomic mass is 32.2. The topological polar surface area (TPSA) is 70.6 Å². The zero-order valence-corrected chi connectivity index (χ0v) is 16.2. The summed E-state index contributed by atoms with van der Waals surface area (Å²) in [5.74, 6) is -0.574. The van der Waals surface area contributed by atoms with Crippen LogP contribution in [0.3, 0.4) is 0 Å². The summed E-state index contributed by atoms with van der Waals surface area (Å²) < 4.78 is 41.2. The van der Waals surface area contributed by atoms with Gasteiger partial charge in [0.2, 0.25) is 10.0 Å². The number of aromatic nitrogens is 1. The summed E-state index contributed by atoms with van der Waals surface area (Å²) in [5.41, 5.74) is 1.63. The van der Waals surface area contributed by atoms with Crippen molar-refractivity contribution in [2.24, 2.45) is 0 Å². The predicted octanol–water partition coefficient (Wildman–Crippen LogP) is 2.21. The molecule has 1 atom stereocenters. The number of hydrogen-bond donors (Lipinski definition) is 0. The second-order valence-corrected chi connectivity index (χ2v) is 9.20. The minimum atomic E-state index is -3.80. The molecule has 2 aliphatic rings. The lowest BCUT2D eigenvalue weighted by atomic mass is 9.90. The van der Waals surface area contributed by atoms with E-state index in [1.807, 2.05) is 6.92 Å². The number of aryl methyl sites for hydroxylation is 2. The molecule has 0 N–H and O–H groups in total. The maximum atomic E-state index is 13.4. The Hall–Kier alpha value is -2.32. The van der Waals surface area contributed by atoms with Gasteiger partial charge in [-0.3, -0.25) is 9.78 Å². The van der Waals surface area contributed by atoms with Crippen molar-refractivity contribution in [3.63, 3.8) is 0 Å². The number of carbonyl (C=O) groups excluding carboxylic acids is 1. The second-order valence-electron chi connectivity index (χ2n) is 7.30. The SMILES string of the molecule is Cc1cc(F)ccc1S(=O)(=O)N1CCN2C(=O)c3c(ccnc3C)C2(C)C1. The van der Waals surface area contributed by atoms with E-state index in [0.29, 0.717) is 23.4 Å². The molecular formula is C19H20FN3O3S. The third-order valence-electron chi connectivity index (χ3n) is 5.59. The average molecular weight is 389 g/mol. The van der Waals surface area contributed by atoms with E-state index in [1.165, 1.54) is 16.4 Å². The Labute approximate surface area is 157 Å². The molecule has 6 nitrogen and oxygen atoms in total. The third-order valence-corrected chi connectivity index (χ3v) is 7.59. The van der Waals surface area contributed by atoms with Gasteiger partial charge in [0.15, 0.2) is 0 Å². The van der Waals surface area contributed by atoms with Crippen LogP contribution in [0.15, 0.2) is 35.4 Å². The maximum Gasteiger partial charge on any atom is 0.256 e. The Morgan fingerprint density at radius 3 is 2.63 bits per heavy atom. The molecule has 0 spiro atoms. The fourth-order valence-electron chi connectivity index (χ4n) is 4.19. The molecule has 1 unspecified atom stereocenters. The van der Waals surface area contributed by atoms with Crippen LogP contribution in [0.25, 0.3) is 0 Å². The number of pyridine rings is 1. The molecule has 8 heteroatoms. The first kappa shape index (κ1) is 18.1. The van der Waals surface area contributed by atoms with Crippen LogP contribution in [0.1, 0.15) is 34.1 Å². The van der Waals surface area contributed by atoms with E-state index in [-0.39, 0.29) is 23.9 Å². The first-order valence-electron chi connectivity index (χ1n) is 8.70. The molecule has 2 aliphatic heterocycles. The maximum absolute atomic E-state index is 13.4. The van der Waals surface area contributed by atoms with Gasteiger partial charge in [0.1, 0.15) is 5.82 Å². The summed E-state index contributed by atoms with van der Waals surface area (Å²) in [6.07, 6.45) is 1.65. The molecule has 1 saturated heterocycles. The van der Waals surface area contributed by atoms with Crippen molar-refractivity contribution in [1.29, 1.82) is 0 Å². The van der Waals surface area contributed by atoms with Gasteiger partial charge in [-0.25, -0.2) is 12.8 Å². The highest BCUT2D eigenvalue weighted by Gasteiger charge is 2.52. The van der Waals surface area contributed by atoms with Crippen LogP contribution in [0.2, 0.25) is 0 Å². The molecule has 0 bridgehead atoms. The van der Waals surface area contributed by atoms with E-state index >= 15 is 0 Å². The summed E-state index contributed by atoms with van der Waals surface area (Å²) in [7, 11) is -3.80. The molecular weight excluding hydrogens is 369 g/mol. The Morgan fingerprint density at radius 2 is 1.93 bits per heavy atom. The van der Waals surface area contributed by atoms with Crippen LogP contribution in [0, 0.1) is 19.7 Å². The van der Waals surface area contributed by atoms with E-state index in [9.17, 15) is 17.6 Å². The highest BCUT2D eigenvalue weighted by Crippen LogP contribution is 2.43. The summed E-state index contributed by atoms with van der Waals surface area (Å²) >= 11 is 0. The van der Waals surface area contributed by atoms with Crippen molar-refractivity contribution in [1.82, 2.24) is 14.2 Å². The summed E-state index contributed by atoms with van der Waals surface area (Å²) in [4.78, 5) is 18.9. The number of carbonyl (C=O) groups is 1. The zero-order chi connectivity index (χ0) is 19.6. The highest BCUT2D eigenvalue weighted by molar-refractivity contribution is 7.89. The minimum Gasteiger partial charge on any atom is -0.326 e. The van der Waals surface area contributed by atoms with Crippen LogP contribution in [-0.2, 0) is 15.6 Å². The van der Waals surface area contributed by atoms with Gasteiger partial charge in [0, 0.05) is 25.8 Å². The smallest absolute Gasteiger partial charge is 0.256 e. The molecule has 1 fully saturated rings. The van der Waals surface area contributed by atoms with Gasteiger partial charge < -0.3 is 4.90 Å². The van der Waals surface area contributed by atoms with Crippen molar-refractivity contribution in [2.75, 3.05) is 19.6 Å². The van der Waals surface area contributed by atoms with Crippen molar-refractivity contribution in [3.05, 3.63) is 58.7 Å². The lowest BCUT2D eigenvalue weighted by Crippen LogP contribution is -2.58. The van der Waals surface area contributed by atoms with Gasteiger partial charge in [-0.1, -0.05) is 0 Å². The van der Waals surface area contributed by atoms with E-state index in [2.05, 4.69) is 4.98 Å². The van der Waals surface area contributed by atoms with Gasteiger partial charge in [-0.05, 0) is 56.2 Å². The van der Waals surface area contributed by atoms with Crippen molar-refractivity contribution >= 4 is 15.9 Å². The van der Waals surface area contributed by atoms with E-state index < -0.39 is 21.4 Å². The Morgan fingerprint density at radius 1 is 1.19 bits per heavy atom. The molecule has 0 radical (unpaired) electrons. The fraction of sp³-hybridized carbons (Fsp3) is 0.368. The Balaban J connectivity index is 1.76. The summed E-state index contributed by atoms with van der Waals surface area (Å²) in [5, 5.41) is 0. The molecule has 1 aromatic heterocycles. The molecule has 142 valence electrons. The fourth-order valence-corrected chi connectivity index (χ4v) is 5.92. The zero-order valence-electron chi connectivity index (χ0n) is 15.4. The third kappa shape index (κ3) is 2.50. The van der Waals surface area contributed by atoms with E-state index in [0.717, 1.165) is 11.6 Å². The van der Waals surface area contributed by atoms with Crippen LogP contribution in [0.4, 0.5) is 4.39 Å². The Bertz CT molecular complexity index is 1070. The normalized spacial score (nSPS) is 22.7. The van der Waals surface area contributed by atoms with Gasteiger partial charge >= 0.3 is 0 Å². The largest absolute Gasteiger partial charge is 0.326 e. The Kier molecular flexibility index (Phi) is 3.91. The van der Waals surface area contributed by atoms with Crippen molar-refractivity contribution in [2.45, 2.75) is 31.2 Å². The van der Waals surface area contributed by atoms with Crippen molar-refractivity contribution in [3.8, 4) is 0 Å². The molecule has 2 aromatic rings. The van der Waals surface area contributed by atoms with E-state index in [4.69, 9.17) is 0 Å². The summed E-state index contributed by atoms with van der Waals surface area (Å²) in [6, 6.07) is 5.46. The number of hydrogen-bond acceptors (Lipinski definition) is 4. The van der Waals surface area contributed by atoms with Crippen molar-refractivity contribution < 1.29 is 17.6 Å².